The monoisotopic (exact) mass is 413 g/mol. The van der Waals surface area contributed by atoms with Gasteiger partial charge in [0.05, 0.1) is 5.56 Å². The minimum atomic E-state index is -4.42. The van der Waals surface area contributed by atoms with Crippen LogP contribution in [0.1, 0.15) is 27.0 Å². The average molecular weight is 413 g/mol. The highest BCUT2D eigenvalue weighted by molar-refractivity contribution is 5.95. The van der Waals surface area contributed by atoms with Gasteiger partial charge < -0.3 is 16.0 Å². The van der Waals surface area contributed by atoms with E-state index in [1.54, 1.807) is 17.0 Å². The summed E-state index contributed by atoms with van der Waals surface area (Å²) >= 11 is 0. The number of benzene rings is 1. The van der Waals surface area contributed by atoms with Gasteiger partial charge in [0.15, 0.2) is 0 Å². The number of nitrogens with one attached hydrogen (secondary N) is 1. The van der Waals surface area contributed by atoms with E-state index in [4.69, 9.17) is 5.73 Å². The molecule has 1 aliphatic rings. The number of nitrogens with zero attached hydrogens (tertiary/aromatic N) is 3. The van der Waals surface area contributed by atoms with Crippen LogP contribution in [0.15, 0.2) is 54.9 Å². The summed E-state index contributed by atoms with van der Waals surface area (Å²) in [6.07, 6.45) is -1.52. The number of rotatable bonds is 3. The van der Waals surface area contributed by atoms with Crippen molar-refractivity contribution in [2.75, 3.05) is 17.6 Å². The summed E-state index contributed by atoms with van der Waals surface area (Å²) in [5.41, 5.74) is 8.10. The molecule has 1 aliphatic heterocycles. The molecule has 3 N–H and O–H groups in total. The predicted octanol–water partition coefficient (Wildman–Crippen LogP) is 4.02. The second-order valence-electron chi connectivity index (χ2n) is 6.94. The molecule has 0 saturated carbocycles. The van der Waals surface area contributed by atoms with E-state index >= 15 is 0 Å². The van der Waals surface area contributed by atoms with Crippen LogP contribution in [0.5, 0.6) is 0 Å². The first kappa shape index (κ1) is 19.7. The number of alkyl halides is 3. The summed E-state index contributed by atoms with van der Waals surface area (Å²) in [5, 5.41) is 3.09. The molecule has 0 saturated heterocycles. The lowest BCUT2D eigenvalue weighted by Crippen LogP contribution is -2.36. The van der Waals surface area contributed by atoms with Gasteiger partial charge in [-0.1, -0.05) is 12.1 Å². The molecule has 1 amide bonds. The first-order chi connectivity index (χ1) is 14.3. The van der Waals surface area contributed by atoms with E-state index in [0.29, 0.717) is 30.9 Å². The quantitative estimate of drug-likeness (QED) is 0.678. The number of nitrogen functional groups attached to an aromatic ring is 1. The Morgan fingerprint density at radius 3 is 2.67 bits per heavy atom. The van der Waals surface area contributed by atoms with Crippen LogP contribution in [0, 0.1) is 0 Å². The van der Waals surface area contributed by atoms with Crippen molar-refractivity contribution in [2.24, 2.45) is 0 Å². The maximum atomic E-state index is 12.8. The number of pyridine rings is 2. The van der Waals surface area contributed by atoms with Crippen LogP contribution < -0.4 is 11.1 Å². The fraction of sp³-hybridized carbons (Fsp3) is 0.190. The average Bonchev–Trinajstić information content (AvgIpc) is 2.73. The van der Waals surface area contributed by atoms with Gasteiger partial charge >= 0.3 is 6.18 Å². The number of carbonyl (C=O) groups is 1. The van der Waals surface area contributed by atoms with Crippen LogP contribution in [0.3, 0.4) is 0 Å². The van der Waals surface area contributed by atoms with Gasteiger partial charge in [0.1, 0.15) is 11.6 Å². The van der Waals surface area contributed by atoms with Gasteiger partial charge in [-0.05, 0) is 47.9 Å². The lowest BCUT2D eigenvalue weighted by atomic mass is 9.97. The fourth-order valence-corrected chi connectivity index (χ4v) is 3.44. The fourth-order valence-electron chi connectivity index (χ4n) is 3.44. The molecule has 6 nitrogen and oxygen atoms in total. The van der Waals surface area contributed by atoms with Crippen LogP contribution >= 0.6 is 0 Å². The summed E-state index contributed by atoms with van der Waals surface area (Å²) in [5.74, 6) is 0.480. The van der Waals surface area contributed by atoms with E-state index in [1.165, 1.54) is 12.3 Å². The van der Waals surface area contributed by atoms with Crippen molar-refractivity contribution in [3.63, 3.8) is 0 Å². The van der Waals surface area contributed by atoms with Crippen LogP contribution in [-0.4, -0.2) is 27.3 Å². The SMILES string of the molecule is Nc1cc(C(=O)N2CCc3c(cccc3Nc3ccc(C(F)(F)F)cn3)C2)ccn1. The van der Waals surface area contributed by atoms with Crippen LogP contribution in [0.4, 0.5) is 30.5 Å². The third-order valence-corrected chi connectivity index (χ3v) is 4.93. The number of anilines is 3. The lowest BCUT2D eigenvalue weighted by molar-refractivity contribution is -0.137. The van der Waals surface area contributed by atoms with Crippen molar-refractivity contribution >= 4 is 23.2 Å². The third kappa shape index (κ3) is 4.05. The molecule has 3 heterocycles. The number of hydrogen-bond acceptors (Lipinski definition) is 5. The summed E-state index contributed by atoms with van der Waals surface area (Å²) in [6, 6.07) is 11.1. The molecule has 1 aromatic carbocycles. The molecule has 0 spiro atoms. The number of fused-ring (bicyclic) bond motifs is 1. The number of halogens is 3. The van der Waals surface area contributed by atoms with Gasteiger partial charge in [-0.2, -0.15) is 13.2 Å². The molecule has 3 aromatic rings. The van der Waals surface area contributed by atoms with Crippen molar-refractivity contribution in [1.29, 1.82) is 0 Å². The Morgan fingerprint density at radius 2 is 1.97 bits per heavy atom. The van der Waals surface area contributed by atoms with E-state index < -0.39 is 11.7 Å². The Morgan fingerprint density at radius 1 is 1.13 bits per heavy atom. The van der Waals surface area contributed by atoms with Crippen molar-refractivity contribution in [3.05, 3.63) is 77.1 Å². The van der Waals surface area contributed by atoms with Gasteiger partial charge in [-0.3, -0.25) is 4.79 Å². The van der Waals surface area contributed by atoms with E-state index in [0.717, 1.165) is 29.1 Å². The first-order valence-corrected chi connectivity index (χ1v) is 9.23. The molecule has 0 atom stereocenters. The summed E-state index contributed by atoms with van der Waals surface area (Å²) < 4.78 is 38.1. The number of nitrogens with two attached hydrogens (primary N) is 1. The van der Waals surface area contributed by atoms with Crippen molar-refractivity contribution in [1.82, 2.24) is 14.9 Å². The smallest absolute Gasteiger partial charge is 0.384 e. The van der Waals surface area contributed by atoms with Crippen molar-refractivity contribution in [2.45, 2.75) is 19.1 Å². The zero-order chi connectivity index (χ0) is 21.3. The molecule has 0 radical (unpaired) electrons. The zero-order valence-corrected chi connectivity index (χ0v) is 15.8. The van der Waals surface area contributed by atoms with Gasteiger partial charge in [0.25, 0.3) is 5.91 Å². The standard InChI is InChI=1S/C21H18F3N5O/c22-21(23,24)15-4-5-19(27-11-15)28-17-3-1-2-14-12-29(9-7-16(14)17)20(30)13-6-8-26-18(25)10-13/h1-6,8,10-11H,7,9,12H2,(H2,25,26)(H,27,28). The molecule has 4 rings (SSSR count). The Hall–Kier alpha value is -3.62. The van der Waals surface area contributed by atoms with E-state index in [-0.39, 0.29) is 11.7 Å². The molecule has 154 valence electrons. The Balaban J connectivity index is 1.52. The van der Waals surface area contributed by atoms with E-state index in [1.807, 2.05) is 18.2 Å². The minimum Gasteiger partial charge on any atom is -0.384 e. The van der Waals surface area contributed by atoms with Crippen molar-refractivity contribution < 1.29 is 18.0 Å². The molecule has 30 heavy (non-hydrogen) atoms. The summed E-state index contributed by atoms with van der Waals surface area (Å²) in [4.78, 5) is 22.3. The van der Waals surface area contributed by atoms with Crippen LogP contribution in [0.2, 0.25) is 0 Å². The molecule has 0 aliphatic carbocycles. The molecule has 2 aromatic heterocycles. The highest BCUT2D eigenvalue weighted by Gasteiger charge is 2.30. The number of aromatic nitrogens is 2. The number of amides is 1. The Labute approximate surface area is 170 Å². The maximum Gasteiger partial charge on any atom is 0.417 e. The maximum absolute atomic E-state index is 12.8. The van der Waals surface area contributed by atoms with Gasteiger partial charge in [0, 0.05) is 36.7 Å². The van der Waals surface area contributed by atoms with Gasteiger partial charge in [-0.25, -0.2) is 9.97 Å². The number of hydrogen-bond donors (Lipinski definition) is 2. The second kappa shape index (κ2) is 7.66. The predicted molar refractivity (Wildman–Crippen MR) is 106 cm³/mol. The topological polar surface area (TPSA) is 84.1 Å². The number of carbonyl (C=O) groups excluding carboxylic acids is 1. The molecule has 0 fully saturated rings. The molecule has 9 heteroatoms. The lowest BCUT2D eigenvalue weighted by Gasteiger charge is -2.30. The normalized spacial score (nSPS) is 13.6. The van der Waals surface area contributed by atoms with Crippen molar-refractivity contribution in [3.8, 4) is 0 Å². The molecule has 0 unspecified atom stereocenters. The third-order valence-electron chi connectivity index (χ3n) is 4.93. The van der Waals surface area contributed by atoms with Gasteiger partial charge in [0.2, 0.25) is 0 Å². The molecule has 0 bridgehead atoms. The molecular formula is C21H18F3N5O. The van der Waals surface area contributed by atoms with E-state index in [9.17, 15) is 18.0 Å². The highest BCUT2D eigenvalue weighted by atomic mass is 19.4. The van der Waals surface area contributed by atoms with Crippen LogP contribution in [-0.2, 0) is 19.1 Å². The minimum absolute atomic E-state index is 0.127. The first-order valence-electron chi connectivity index (χ1n) is 9.23. The second-order valence-corrected chi connectivity index (χ2v) is 6.94. The Kier molecular flexibility index (Phi) is 5.03. The molecular weight excluding hydrogens is 395 g/mol. The van der Waals surface area contributed by atoms with Crippen LogP contribution in [0.25, 0.3) is 0 Å². The highest BCUT2D eigenvalue weighted by Crippen LogP contribution is 2.31. The summed E-state index contributed by atoms with van der Waals surface area (Å²) in [7, 11) is 0. The largest absolute Gasteiger partial charge is 0.417 e. The summed E-state index contributed by atoms with van der Waals surface area (Å²) in [6.45, 7) is 0.930. The Bertz CT molecular complexity index is 1080. The zero-order valence-electron chi connectivity index (χ0n) is 15.8. The van der Waals surface area contributed by atoms with E-state index in [2.05, 4.69) is 15.3 Å². The van der Waals surface area contributed by atoms with Gasteiger partial charge in [-0.15, -0.1) is 0 Å².